The van der Waals surface area contributed by atoms with E-state index in [4.69, 9.17) is 16.3 Å². The normalized spacial score (nSPS) is 10.2. The molecule has 0 saturated heterocycles. The van der Waals surface area contributed by atoms with Crippen LogP contribution in [0.25, 0.3) is 0 Å². The third kappa shape index (κ3) is 6.32. The molecule has 0 amide bonds. The molecular weight excluding hydrogens is 236 g/mol. The minimum Gasteiger partial charge on any atom is -0.494 e. The highest BCUT2D eigenvalue weighted by Crippen LogP contribution is 2.14. The topological polar surface area (TPSA) is 26.3 Å². The predicted octanol–water partition coefficient (Wildman–Crippen LogP) is 3.95. The number of unbranched alkanes of at least 4 members (excludes halogenated alkanes) is 3. The standard InChI is InChI=1S/C14H19ClO2/c1-2-3-4-5-10-17-13-8-6-12(7-9-13)11-14(15)16/h6-9H,2-5,10-11H2,1H3. The van der Waals surface area contributed by atoms with Gasteiger partial charge in [0.05, 0.1) is 6.61 Å². The Bertz CT molecular complexity index is 333. The third-order valence-electron chi connectivity index (χ3n) is 2.53. The molecule has 0 spiro atoms. The SMILES string of the molecule is CCCCCCOc1ccc(CC(=O)Cl)cc1. The van der Waals surface area contributed by atoms with Crippen molar-refractivity contribution >= 4 is 16.8 Å². The average Bonchev–Trinajstić information content (AvgIpc) is 2.30. The van der Waals surface area contributed by atoms with Gasteiger partial charge in [-0.2, -0.15) is 0 Å². The van der Waals surface area contributed by atoms with Crippen molar-refractivity contribution < 1.29 is 9.53 Å². The summed E-state index contributed by atoms with van der Waals surface area (Å²) >= 11 is 5.31. The second kappa shape index (κ2) is 8.13. The Morgan fingerprint density at radius 3 is 2.47 bits per heavy atom. The van der Waals surface area contributed by atoms with Crippen molar-refractivity contribution in [1.29, 1.82) is 0 Å². The van der Waals surface area contributed by atoms with Crippen molar-refractivity contribution in [3.63, 3.8) is 0 Å². The Balaban J connectivity index is 2.28. The van der Waals surface area contributed by atoms with Gasteiger partial charge < -0.3 is 4.74 Å². The molecule has 0 atom stereocenters. The van der Waals surface area contributed by atoms with Crippen molar-refractivity contribution in [1.82, 2.24) is 0 Å². The van der Waals surface area contributed by atoms with Gasteiger partial charge in [0.15, 0.2) is 0 Å². The summed E-state index contributed by atoms with van der Waals surface area (Å²) in [6.45, 7) is 2.95. The molecule has 0 aliphatic heterocycles. The van der Waals surface area contributed by atoms with E-state index in [9.17, 15) is 4.79 Å². The number of carbonyl (C=O) groups is 1. The second-order valence-corrected chi connectivity index (χ2v) is 4.51. The molecule has 1 rings (SSSR count). The van der Waals surface area contributed by atoms with Crippen LogP contribution in [0.15, 0.2) is 24.3 Å². The van der Waals surface area contributed by atoms with Crippen molar-refractivity contribution in [2.45, 2.75) is 39.0 Å². The van der Waals surface area contributed by atoms with Crippen LogP contribution < -0.4 is 4.74 Å². The summed E-state index contributed by atoms with van der Waals surface area (Å²) in [7, 11) is 0. The maximum absolute atomic E-state index is 10.7. The lowest BCUT2D eigenvalue weighted by Crippen LogP contribution is -1.98. The summed E-state index contributed by atoms with van der Waals surface area (Å²) in [6.07, 6.45) is 5.09. The molecule has 1 aromatic carbocycles. The van der Waals surface area contributed by atoms with Crippen LogP contribution in [0.3, 0.4) is 0 Å². The number of halogens is 1. The summed E-state index contributed by atoms with van der Waals surface area (Å²) < 4.78 is 5.59. The van der Waals surface area contributed by atoms with Crippen LogP contribution in [0.2, 0.25) is 0 Å². The largest absolute Gasteiger partial charge is 0.494 e. The van der Waals surface area contributed by atoms with Gasteiger partial charge in [-0.05, 0) is 35.7 Å². The molecular formula is C14H19ClO2. The monoisotopic (exact) mass is 254 g/mol. The smallest absolute Gasteiger partial charge is 0.226 e. The van der Waals surface area contributed by atoms with Crippen LogP contribution >= 0.6 is 11.6 Å². The Morgan fingerprint density at radius 1 is 1.18 bits per heavy atom. The molecule has 3 heteroatoms. The molecule has 1 aromatic rings. The molecule has 0 heterocycles. The number of ether oxygens (including phenoxy) is 1. The molecule has 0 aliphatic carbocycles. The molecule has 0 fully saturated rings. The van der Waals surface area contributed by atoms with Crippen LogP contribution in [0, 0.1) is 0 Å². The van der Waals surface area contributed by atoms with Crippen LogP contribution in [0.4, 0.5) is 0 Å². The molecule has 0 saturated carbocycles. The van der Waals surface area contributed by atoms with E-state index in [0.717, 1.165) is 24.3 Å². The number of rotatable bonds is 8. The zero-order chi connectivity index (χ0) is 12.5. The lowest BCUT2D eigenvalue weighted by atomic mass is 10.1. The first-order chi connectivity index (χ1) is 8.22. The van der Waals surface area contributed by atoms with E-state index in [1.807, 2.05) is 24.3 Å². The first-order valence-corrected chi connectivity index (χ1v) is 6.50. The van der Waals surface area contributed by atoms with Gasteiger partial charge >= 0.3 is 0 Å². The van der Waals surface area contributed by atoms with E-state index in [1.54, 1.807) is 0 Å². The summed E-state index contributed by atoms with van der Waals surface area (Å²) in [5.74, 6) is 0.854. The number of hydrogen-bond donors (Lipinski definition) is 0. The summed E-state index contributed by atoms with van der Waals surface area (Å²) in [5.41, 5.74) is 0.920. The van der Waals surface area contributed by atoms with E-state index in [-0.39, 0.29) is 11.7 Å². The minimum atomic E-state index is -0.335. The number of hydrogen-bond acceptors (Lipinski definition) is 2. The number of carbonyl (C=O) groups excluding carboxylic acids is 1. The van der Waals surface area contributed by atoms with Crippen LogP contribution in [-0.2, 0) is 11.2 Å². The molecule has 0 radical (unpaired) electrons. The van der Waals surface area contributed by atoms with Crippen molar-refractivity contribution in [2.24, 2.45) is 0 Å². The number of benzene rings is 1. The summed E-state index contributed by atoms with van der Waals surface area (Å²) in [5, 5.41) is -0.335. The lowest BCUT2D eigenvalue weighted by Gasteiger charge is -2.06. The molecule has 94 valence electrons. The molecule has 0 unspecified atom stereocenters. The Kier molecular flexibility index (Phi) is 6.71. The fourth-order valence-electron chi connectivity index (χ4n) is 1.58. The maximum Gasteiger partial charge on any atom is 0.226 e. The highest BCUT2D eigenvalue weighted by atomic mass is 35.5. The first kappa shape index (κ1) is 14.0. The zero-order valence-corrected chi connectivity index (χ0v) is 11.0. The highest BCUT2D eigenvalue weighted by molar-refractivity contribution is 6.63. The van der Waals surface area contributed by atoms with E-state index < -0.39 is 0 Å². The Labute approximate surface area is 108 Å². The van der Waals surface area contributed by atoms with Gasteiger partial charge in [0.2, 0.25) is 5.24 Å². The van der Waals surface area contributed by atoms with Crippen molar-refractivity contribution in [3.8, 4) is 5.75 Å². The average molecular weight is 255 g/mol. The van der Waals surface area contributed by atoms with Gasteiger partial charge in [-0.15, -0.1) is 0 Å². The van der Waals surface area contributed by atoms with E-state index >= 15 is 0 Å². The van der Waals surface area contributed by atoms with Gasteiger partial charge in [-0.1, -0.05) is 38.3 Å². The van der Waals surface area contributed by atoms with Crippen LogP contribution in [0.5, 0.6) is 5.75 Å². The van der Waals surface area contributed by atoms with Crippen LogP contribution in [-0.4, -0.2) is 11.8 Å². The third-order valence-corrected chi connectivity index (χ3v) is 2.67. The fraction of sp³-hybridized carbons (Fsp3) is 0.500. The lowest BCUT2D eigenvalue weighted by molar-refractivity contribution is -0.111. The predicted molar refractivity (Wildman–Crippen MR) is 70.6 cm³/mol. The van der Waals surface area contributed by atoms with Gasteiger partial charge in [0, 0.05) is 6.42 Å². The van der Waals surface area contributed by atoms with Crippen molar-refractivity contribution in [3.05, 3.63) is 29.8 Å². The van der Waals surface area contributed by atoms with Gasteiger partial charge in [0.25, 0.3) is 0 Å². The quantitative estimate of drug-likeness (QED) is 0.519. The molecule has 2 nitrogen and oxygen atoms in total. The highest BCUT2D eigenvalue weighted by Gasteiger charge is 2.00. The fourth-order valence-corrected chi connectivity index (χ4v) is 1.74. The van der Waals surface area contributed by atoms with Gasteiger partial charge in [-0.25, -0.2) is 0 Å². The molecule has 0 N–H and O–H groups in total. The maximum atomic E-state index is 10.7. The van der Waals surface area contributed by atoms with E-state index in [2.05, 4.69) is 6.92 Å². The molecule has 0 aliphatic rings. The minimum absolute atomic E-state index is 0.276. The second-order valence-electron chi connectivity index (χ2n) is 4.08. The molecule has 17 heavy (non-hydrogen) atoms. The molecule has 0 aromatic heterocycles. The van der Waals surface area contributed by atoms with Crippen LogP contribution in [0.1, 0.15) is 38.2 Å². The van der Waals surface area contributed by atoms with Crippen molar-refractivity contribution in [2.75, 3.05) is 6.61 Å². The zero-order valence-electron chi connectivity index (χ0n) is 10.2. The Morgan fingerprint density at radius 2 is 1.88 bits per heavy atom. The summed E-state index contributed by atoms with van der Waals surface area (Å²) in [6, 6.07) is 7.52. The van der Waals surface area contributed by atoms with Gasteiger partial charge in [0.1, 0.15) is 5.75 Å². The van der Waals surface area contributed by atoms with Gasteiger partial charge in [-0.3, -0.25) is 4.79 Å². The van der Waals surface area contributed by atoms with E-state index in [0.29, 0.717) is 0 Å². The molecule has 0 bridgehead atoms. The van der Waals surface area contributed by atoms with E-state index in [1.165, 1.54) is 19.3 Å². The first-order valence-electron chi connectivity index (χ1n) is 6.12. The Hall–Kier alpha value is -1.02. The summed E-state index contributed by atoms with van der Waals surface area (Å²) in [4.78, 5) is 10.7.